The van der Waals surface area contributed by atoms with E-state index in [1.165, 1.54) is 11.3 Å². The van der Waals surface area contributed by atoms with Gasteiger partial charge in [0, 0.05) is 18.8 Å². The molecule has 1 aliphatic heterocycles. The molecule has 0 radical (unpaired) electrons. The Morgan fingerprint density at radius 1 is 0.907 bits per heavy atom. The Hall–Kier alpha value is -4.49. The lowest BCUT2D eigenvalue weighted by Gasteiger charge is -2.33. The number of aromatic nitrogens is 3. The number of carbonyl (C=O) groups is 1. The topological polar surface area (TPSA) is 69.5 Å². The molecule has 1 fully saturated rings. The number of hydrogen-bond acceptors (Lipinski definition) is 6. The van der Waals surface area contributed by atoms with Gasteiger partial charge in [0.25, 0.3) is 0 Å². The molecule has 0 amide bonds. The quantitative estimate of drug-likeness (QED) is 0.169. The van der Waals surface area contributed by atoms with Gasteiger partial charge in [0.2, 0.25) is 0 Å². The Morgan fingerprint density at radius 3 is 2.23 bits per heavy atom. The van der Waals surface area contributed by atoms with E-state index in [9.17, 15) is 4.79 Å². The molecule has 7 heteroatoms. The molecule has 0 N–H and O–H groups in total. The standard InChI is InChI=1S/C36H38N4O3/c1-4-42-36(41)32-23-31(33-34(25(2)3)38-40(35(33)37-32)29-13-9-6-10-14-29)27-15-17-28(18-16-27)39-21-19-30(20-22-39)43-24-26-11-7-5-8-12-26/h5-18,23,25,30H,4,19-22,24H2,1-3H3. The molecule has 0 aliphatic carbocycles. The Morgan fingerprint density at radius 2 is 1.58 bits per heavy atom. The van der Waals surface area contributed by atoms with Crippen LogP contribution in [0.25, 0.3) is 27.8 Å². The molecule has 1 saturated heterocycles. The molecule has 5 aromatic rings. The van der Waals surface area contributed by atoms with Crippen LogP contribution in [0, 0.1) is 0 Å². The average Bonchev–Trinajstić information content (AvgIpc) is 3.45. The van der Waals surface area contributed by atoms with E-state index >= 15 is 0 Å². The number of fused-ring (bicyclic) bond motifs is 1. The van der Waals surface area contributed by atoms with Gasteiger partial charge in [-0.3, -0.25) is 0 Å². The number of esters is 1. The molecular formula is C36H38N4O3. The fourth-order valence-electron chi connectivity index (χ4n) is 5.75. The highest BCUT2D eigenvalue weighted by molar-refractivity contribution is 6.00. The summed E-state index contributed by atoms with van der Waals surface area (Å²) in [6.45, 7) is 8.92. The lowest BCUT2D eigenvalue weighted by Crippen LogP contribution is -2.36. The Balaban J connectivity index is 1.29. The van der Waals surface area contributed by atoms with Crippen molar-refractivity contribution in [3.8, 4) is 16.8 Å². The number of benzene rings is 3. The summed E-state index contributed by atoms with van der Waals surface area (Å²) in [5, 5.41) is 5.96. The Kier molecular flexibility index (Phi) is 8.52. The molecule has 0 bridgehead atoms. The number of carbonyl (C=O) groups excluding carboxylic acids is 1. The molecule has 3 aromatic carbocycles. The summed E-state index contributed by atoms with van der Waals surface area (Å²) in [6.07, 6.45) is 2.27. The zero-order chi connectivity index (χ0) is 29.8. The van der Waals surface area contributed by atoms with Crippen molar-refractivity contribution in [1.82, 2.24) is 14.8 Å². The summed E-state index contributed by atoms with van der Waals surface area (Å²) in [5.74, 6) is -0.280. The highest BCUT2D eigenvalue weighted by Crippen LogP contribution is 2.36. The number of nitrogens with zero attached hydrogens (tertiary/aromatic N) is 4. The van der Waals surface area contributed by atoms with Gasteiger partial charge in [0.15, 0.2) is 11.3 Å². The minimum atomic E-state index is -0.438. The van der Waals surface area contributed by atoms with Crippen molar-refractivity contribution in [2.75, 3.05) is 24.6 Å². The fourth-order valence-corrected chi connectivity index (χ4v) is 5.75. The van der Waals surface area contributed by atoms with Crippen molar-refractivity contribution in [1.29, 1.82) is 0 Å². The summed E-state index contributed by atoms with van der Waals surface area (Å²) in [4.78, 5) is 20.2. The van der Waals surface area contributed by atoms with Gasteiger partial charge in [-0.2, -0.15) is 5.10 Å². The van der Waals surface area contributed by atoms with Gasteiger partial charge < -0.3 is 14.4 Å². The Labute approximate surface area is 253 Å². The lowest BCUT2D eigenvalue weighted by molar-refractivity contribution is 0.0251. The second kappa shape index (κ2) is 12.8. The number of piperidine rings is 1. The molecule has 1 aliphatic rings. The molecular weight excluding hydrogens is 536 g/mol. The summed E-state index contributed by atoms with van der Waals surface area (Å²) in [5.41, 5.74) is 7.10. The highest BCUT2D eigenvalue weighted by Gasteiger charge is 2.24. The van der Waals surface area contributed by atoms with Gasteiger partial charge in [-0.15, -0.1) is 0 Å². The van der Waals surface area contributed by atoms with Crippen LogP contribution in [-0.4, -0.2) is 46.5 Å². The number of rotatable bonds is 9. The first kappa shape index (κ1) is 28.6. The van der Waals surface area contributed by atoms with Crippen LogP contribution in [0.4, 0.5) is 5.69 Å². The van der Waals surface area contributed by atoms with Gasteiger partial charge in [-0.25, -0.2) is 14.5 Å². The van der Waals surface area contributed by atoms with E-state index in [0.29, 0.717) is 12.3 Å². The van der Waals surface area contributed by atoms with Crippen molar-refractivity contribution >= 4 is 22.7 Å². The maximum Gasteiger partial charge on any atom is 0.357 e. The summed E-state index contributed by atoms with van der Waals surface area (Å²) in [6, 6.07) is 30.8. The molecule has 43 heavy (non-hydrogen) atoms. The maximum atomic E-state index is 12.9. The van der Waals surface area contributed by atoms with E-state index in [0.717, 1.165) is 53.8 Å². The van der Waals surface area contributed by atoms with Crippen LogP contribution in [0.1, 0.15) is 61.3 Å². The first-order valence-corrected chi connectivity index (χ1v) is 15.2. The third kappa shape index (κ3) is 6.18. The first-order valence-electron chi connectivity index (χ1n) is 15.2. The number of para-hydroxylation sites is 1. The number of ether oxygens (including phenoxy) is 2. The summed E-state index contributed by atoms with van der Waals surface area (Å²) in [7, 11) is 0. The van der Waals surface area contributed by atoms with Crippen LogP contribution in [0.2, 0.25) is 0 Å². The van der Waals surface area contributed by atoms with Crippen molar-refractivity contribution in [2.24, 2.45) is 0 Å². The SMILES string of the molecule is CCOC(=O)c1cc(-c2ccc(N3CCC(OCc4ccccc4)CC3)cc2)c2c(C(C)C)nn(-c3ccccc3)c2n1. The van der Waals surface area contributed by atoms with Crippen LogP contribution in [0.15, 0.2) is 91.0 Å². The molecule has 0 unspecified atom stereocenters. The minimum absolute atomic E-state index is 0.158. The average molecular weight is 575 g/mol. The highest BCUT2D eigenvalue weighted by atomic mass is 16.5. The Bertz CT molecular complexity index is 1670. The monoisotopic (exact) mass is 574 g/mol. The van der Waals surface area contributed by atoms with E-state index < -0.39 is 5.97 Å². The van der Waals surface area contributed by atoms with Crippen molar-refractivity contribution in [3.05, 3.63) is 108 Å². The normalized spacial score (nSPS) is 14.0. The molecule has 0 saturated carbocycles. The van der Waals surface area contributed by atoms with Crippen LogP contribution >= 0.6 is 0 Å². The van der Waals surface area contributed by atoms with Gasteiger partial charge in [-0.1, -0.05) is 74.5 Å². The molecule has 3 heterocycles. The maximum absolute atomic E-state index is 12.9. The third-order valence-electron chi connectivity index (χ3n) is 8.01. The summed E-state index contributed by atoms with van der Waals surface area (Å²) >= 11 is 0. The van der Waals surface area contributed by atoms with Crippen LogP contribution in [0.5, 0.6) is 0 Å². The largest absolute Gasteiger partial charge is 0.461 e. The van der Waals surface area contributed by atoms with E-state index in [4.69, 9.17) is 19.6 Å². The van der Waals surface area contributed by atoms with Gasteiger partial charge in [-0.05, 0) is 72.7 Å². The number of hydrogen-bond donors (Lipinski definition) is 0. The fraction of sp³-hybridized carbons (Fsp3) is 0.306. The van der Waals surface area contributed by atoms with E-state index in [1.54, 1.807) is 6.92 Å². The molecule has 7 nitrogen and oxygen atoms in total. The minimum Gasteiger partial charge on any atom is -0.461 e. The zero-order valence-corrected chi connectivity index (χ0v) is 25.1. The second-order valence-electron chi connectivity index (χ2n) is 11.3. The van der Waals surface area contributed by atoms with E-state index in [2.05, 4.69) is 67.3 Å². The molecule has 220 valence electrons. The molecule has 6 rings (SSSR count). The summed E-state index contributed by atoms with van der Waals surface area (Å²) < 4.78 is 13.4. The van der Waals surface area contributed by atoms with E-state index in [1.807, 2.05) is 47.1 Å². The van der Waals surface area contributed by atoms with Gasteiger partial charge in [0.1, 0.15) is 0 Å². The molecule has 0 spiro atoms. The van der Waals surface area contributed by atoms with Crippen molar-refractivity contribution < 1.29 is 14.3 Å². The van der Waals surface area contributed by atoms with Crippen molar-refractivity contribution in [3.63, 3.8) is 0 Å². The predicted octanol–water partition coefficient (Wildman–Crippen LogP) is 7.57. The molecule has 0 atom stereocenters. The predicted molar refractivity (Wildman–Crippen MR) is 171 cm³/mol. The number of anilines is 1. The van der Waals surface area contributed by atoms with Gasteiger partial charge in [0.05, 0.1) is 36.1 Å². The smallest absolute Gasteiger partial charge is 0.357 e. The second-order valence-corrected chi connectivity index (χ2v) is 11.3. The molecule has 2 aromatic heterocycles. The third-order valence-corrected chi connectivity index (χ3v) is 8.01. The number of pyridine rings is 1. The van der Waals surface area contributed by atoms with Crippen LogP contribution in [0.3, 0.4) is 0 Å². The van der Waals surface area contributed by atoms with Crippen LogP contribution < -0.4 is 4.90 Å². The van der Waals surface area contributed by atoms with E-state index in [-0.39, 0.29) is 24.3 Å². The lowest BCUT2D eigenvalue weighted by atomic mass is 9.97. The van der Waals surface area contributed by atoms with Crippen molar-refractivity contribution in [2.45, 2.75) is 52.2 Å². The first-order chi connectivity index (χ1) is 21.0. The van der Waals surface area contributed by atoms with Gasteiger partial charge >= 0.3 is 5.97 Å². The van der Waals surface area contributed by atoms with Crippen LogP contribution in [-0.2, 0) is 16.1 Å². The zero-order valence-electron chi connectivity index (χ0n) is 25.1.